The summed E-state index contributed by atoms with van der Waals surface area (Å²) in [6.07, 6.45) is 0. The number of hydrogen-bond donors (Lipinski definition) is 1. The molecule has 0 aliphatic heterocycles. The van der Waals surface area contributed by atoms with Gasteiger partial charge >= 0.3 is 17.4 Å². The van der Waals surface area contributed by atoms with Crippen LogP contribution in [0.5, 0.6) is 6.01 Å². The summed E-state index contributed by atoms with van der Waals surface area (Å²) in [6.45, 7) is 0. The number of methoxy groups -OCH3 is 1. The minimum Gasteiger partial charge on any atom is -0.468 e. The van der Waals surface area contributed by atoms with Crippen LogP contribution in [0.2, 0.25) is 5.02 Å². The van der Waals surface area contributed by atoms with Gasteiger partial charge in [-0.05, 0) is 12.1 Å². The fourth-order valence-corrected chi connectivity index (χ4v) is 1.56. The lowest BCUT2D eigenvalue weighted by atomic mass is 10.3. The van der Waals surface area contributed by atoms with Gasteiger partial charge in [-0.3, -0.25) is 4.98 Å². The van der Waals surface area contributed by atoms with E-state index in [1.165, 1.54) is 7.11 Å². The van der Waals surface area contributed by atoms with E-state index >= 15 is 0 Å². The van der Waals surface area contributed by atoms with E-state index < -0.39 is 11.4 Å². The topological polar surface area (TPSA) is 77.0 Å². The molecule has 0 bridgehead atoms. The Morgan fingerprint density at radius 2 is 2.06 bits per heavy atom. The third-order valence-corrected chi connectivity index (χ3v) is 2.41. The molecule has 0 amide bonds. The average molecular weight is 254 g/mol. The van der Waals surface area contributed by atoms with E-state index in [0.29, 0.717) is 0 Å². The molecular weight excluding hydrogens is 246 g/mol. The van der Waals surface area contributed by atoms with Gasteiger partial charge in [-0.15, -0.1) is 4.98 Å². The number of benzene rings is 1. The molecule has 0 atom stereocenters. The van der Waals surface area contributed by atoms with Crippen molar-refractivity contribution in [1.82, 2.24) is 14.5 Å². The first-order valence-corrected chi connectivity index (χ1v) is 5.03. The second-order valence-electron chi connectivity index (χ2n) is 3.12. The summed E-state index contributed by atoms with van der Waals surface area (Å²) < 4.78 is 5.52. The standard InChI is InChI=1S/C10H8ClN3O3/c1-17-8-12-9(15)14(10(16)13-8)7-5-3-2-4-6(7)11/h2-5H,1H3,(H,12,13,15,16). The van der Waals surface area contributed by atoms with E-state index in [1.54, 1.807) is 24.3 Å². The van der Waals surface area contributed by atoms with Crippen molar-refractivity contribution in [3.05, 3.63) is 50.3 Å². The maximum absolute atomic E-state index is 11.7. The van der Waals surface area contributed by atoms with Crippen LogP contribution in [0.4, 0.5) is 0 Å². The average Bonchev–Trinajstić information content (AvgIpc) is 2.30. The second kappa shape index (κ2) is 4.42. The maximum atomic E-state index is 11.7. The van der Waals surface area contributed by atoms with Gasteiger partial charge in [-0.25, -0.2) is 14.2 Å². The molecule has 17 heavy (non-hydrogen) atoms. The van der Waals surface area contributed by atoms with Crippen molar-refractivity contribution in [2.75, 3.05) is 7.11 Å². The Kier molecular flexibility index (Phi) is 2.97. The summed E-state index contributed by atoms with van der Waals surface area (Å²) in [5.41, 5.74) is -1.13. The molecule has 88 valence electrons. The Hall–Kier alpha value is -2.08. The number of nitrogens with zero attached hydrogens (tertiary/aromatic N) is 2. The molecule has 0 aliphatic carbocycles. The highest BCUT2D eigenvalue weighted by Gasteiger charge is 2.10. The number of para-hydroxylation sites is 1. The number of hydrogen-bond acceptors (Lipinski definition) is 4. The molecule has 1 N–H and O–H groups in total. The lowest BCUT2D eigenvalue weighted by molar-refractivity contribution is 0.372. The van der Waals surface area contributed by atoms with Crippen molar-refractivity contribution >= 4 is 11.6 Å². The molecule has 7 heteroatoms. The van der Waals surface area contributed by atoms with Gasteiger partial charge in [-0.2, -0.15) is 0 Å². The SMILES string of the molecule is COc1nc(=O)n(-c2ccccc2Cl)c(=O)[nH]1. The lowest BCUT2D eigenvalue weighted by Gasteiger charge is -2.06. The van der Waals surface area contributed by atoms with E-state index in [9.17, 15) is 9.59 Å². The van der Waals surface area contributed by atoms with Crippen molar-refractivity contribution < 1.29 is 4.74 Å². The molecule has 0 radical (unpaired) electrons. The van der Waals surface area contributed by atoms with Crippen LogP contribution in [0.15, 0.2) is 33.9 Å². The number of ether oxygens (including phenoxy) is 1. The molecule has 2 rings (SSSR count). The Bertz CT molecular complexity index is 631. The van der Waals surface area contributed by atoms with Gasteiger partial charge in [-0.1, -0.05) is 23.7 Å². The molecular formula is C10H8ClN3O3. The number of aromatic nitrogens is 3. The first kappa shape index (κ1) is 11.4. The van der Waals surface area contributed by atoms with E-state index in [0.717, 1.165) is 4.57 Å². The molecule has 0 aliphatic rings. The van der Waals surface area contributed by atoms with Crippen LogP contribution in [-0.2, 0) is 0 Å². The first-order valence-electron chi connectivity index (χ1n) is 4.65. The Morgan fingerprint density at radius 1 is 1.35 bits per heavy atom. The van der Waals surface area contributed by atoms with Gasteiger partial charge in [0.15, 0.2) is 0 Å². The smallest absolute Gasteiger partial charge is 0.360 e. The third kappa shape index (κ3) is 2.07. The molecule has 1 aromatic heterocycles. The van der Waals surface area contributed by atoms with E-state index in [-0.39, 0.29) is 16.7 Å². The number of nitrogens with one attached hydrogen (secondary N) is 1. The largest absolute Gasteiger partial charge is 0.468 e. The normalized spacial score (nSPS) is 10.2. The number of rotatable bonds is 2. The second-order valence-corrected chi connectivity index (χ2v) is 3.53. The summed E-state index contributed by atoms with van der Waals surface area (Å²) in [5, 5.41) is 0.284. The van der Waals surface area contributed by atoms with Gasteiger partial charge < -0.3 is 4.74 Å². The predicted octanol–water partition coefficient (Wildman–Crippen LogP) is 0.583. The van der Waals surface area contributed by atoms with Crippen LogP contribution in [-0.4, -0.2) is 21.6 Å². The molecule has 6 nitrogen and oxygen atoms in total. The van der Waals surface area contributed by atoms with Crippen molar-refractivity contribution in [3.8, 4) is 11.7 Å². The summed E-state index contributed by atoms with van der Waals surface area (Å²) in [5.74, 6) is 0. The maximum Gasteiger partial charge on any atom is 0.360 e. The third-order valence-electron chi connectivity index (χ3n) is 2.09. The molecule has 0 unspecified atom stereocenters. The summed E-state index contributed by atoms with van der Waals surface area (Å²) in [7, 11) is 1.30. The van der Waals surface area contributed by atoms with E-state index in [4.69, 9.17) is 11.6 Å². The van der Waals surface area contributed by atoms with E-state index in [2.05, 4.69) is 14.7 Å². The van der Waals surface area contributed by atoms with Crippen LogP contribution in [0.3, 0.4) is 0 Å². The number of aromatic amines is 1. The quantitative estimate of drug-likeness (QED) is 0.849. The molecule has 0 saturated heterocycles. The summed E-state index contributed by atoms with van der Waals surface area (Å²) >= 11 is 5.90. The van der Waals surface area contributed by atoms with Crippen LogP contribution < -0.4 is 16.1 Å². The summed E-state index contributed by atoms with van der Waals surface area (Å²) in [6, 6.07) is 6.35. The van der Waals surface area contributed by atoms with Gasteiger partial charge in [0.05, 0.1) is 17.8 Å². The first-order chi connectivity index (χ1) is 8.13. The summed E-state index contributed by atoms with van der Waals surface area (Å²) in [4.78, 5) is 29.2. The predicted molar refractivity (Wildman–Crippen MR) is 62.0 cm³/mol. The zero-order chi connectivity index (χ0) is 12.4. The van der Waals surface area contributed by atoms with Crippen LogP contribution in [0, 0.1) is 0 Å². The van der Waals surface area contributed by atoms with Crippen LogP contribution >= 0.6 is 11.6 Å². The highest BCUT2D eigenvalue weighted by molar-refractivity contribution is 6.32. The Labute approximate surface area is 100 Å². The molecule has 2 aromatic rings. The highest BCUT2D eigenvalue weighted by Crippen LogP contribution is 2.16. The molecule has 0 saturated carbocycles. The number of H-pyrrole nitrogens is 1. The molecule has 1 heterocycles. The van der Waals surface area contributed by atoms with Crippen LogP contribution in [0.1, 0.15) is 0 Å². The van der Waals surface area contributed by atoms with E-state index in [1.807, 2.05) is 0 Å². The van der Waals surface area contributed by atoms with Gasteiger partial charge in [0, 0.05) is 0 Å². The monoisotopic (exact) mass is 253 g/mol. The zero-order valence-corrected chi connectivity index (χ0v) is 9.56. The van der Waals surface area contributed by atoms with Gasteiger partial charge in [0.25, 0.3) is 0 Å². The molecule has 0 spiro atoms. The minimum atomic E-state index is -0.751. The van der Waals surface area contributed by atoms with Crippen molar-refractivity contribution in [2.24, 2.45) is 0 Å². The number of halogens is 1. The molecule has 1 aromatic carbocycles. The Morgan fingerprint density at radius 3 is 2.65 bits per heavy atom. The van der Waals surface area contributed by atoms with Crippen molar-refractivity contribution in [2.45, 2.75) is 0 Å². The zero-order valence-electron chi connectivity index (χ0n) is 8.81. The highest BCUT2D eigenvalue weighted by atomic mass is 35.5. The van der Waals surface area contributed by atoms with Crippen LogP contribution in [0.25, 0.3) is 5.69 Å². The fourth-order valence-electron chi connectivity index (χ4n) is 1.34. The molecule has 0 fully saturated rings. The van der Waals surface area contributed by atoms with Crippen molar-refractivity contribution in [3.63, 3.8) is 0 Å². The van der Waals surface area contributed by atoms with Gasteiger partial charge in [0.2, 0.25) is 0 Å². The minimum absolute atomic E-state index is 0.136. The van der Waals surface area contributed by atoms with Gasteiger partial charge in [0.1, 0.15) is 0 Å². The lowest BCUT2D eigenvalue weighted by Crippen LogP contribution is -2.35. The fraction of sp³-hybridized carbons (Fsp3) is 0.100. The van der Waals surface area contributed by atoms with Crippen molar-refractivity contribution in [1.29, 1.82) is 0 Å². The Balaban J connectivity index is 2.74.